The number of rotatable bonds is 3. The number of hydrogen-bond acceptors (Lipinski definition) is 2. The zero-order chi connectivity index (χ0) is 14.1. The Morgan fingerprint density at radius 3 is 2.16 bits per heavy atom. The van der Waals surface area contributed by atoms with Crippen molar-refractivity contribution < 1.29 is 5.11 Å². The fraction of sp³-hybridized carbons (Fsp3) is 1.00. The summed E-state index contributed by atoms with van der Waals surface area (Å²) in [6.45, 7) is 11.5. The van der Waals surface area contributed by atoms with Gasteiger partial charge in [0.05, 0.1) is 6.10 Å². The molecule has 1 aliphatic carbocycles. The quantitative estimate of drug-likeness (QED) is 0.840. The first-order valence-corrected chi connectivity index (χ1v) is 8.36. The Morgan fingerprint density at radius 2 is 1.63 bits per heavy atom. The van der Waals surface area contributed by atoms with Crippen molar-refractivity contribution in [2.24, 2.45) is 10.8 Å². The van der Waals surface area contributed by atoms with Gasteiger partial charge in [-0.1, -0.05) is 47.0 Å². The highest BCUT2D eigenvalue weighted by Crippen LogP contribution is 2.42. The van der Waals surface area contributed by atoms with Gasteiger partial charge in [-0.3, -0.25) is 4.90 Å². The fourth-order valence-electron chi connectivity index (χ4n) is 4.26. The molecule has 1 N–H and O–H groups in total. The van der Waals surface area contributed by atoms with Crippen molar-refractivity contribution >= 4 is 0 Å². The molecule has 1 saturated carbocycles. The molecule has 2 unspecified atom stereocenters. The Morgan fingerprint density at radius 1 is 1.05 bits per heavy atom. The summed E-state index contributed by atoms with van der Waals surface area (Å²) >= 11 is 0. The second-order valence-corrected chi connectivity index (χ2v) is 7.64. The Balaban J connectivity index is 1.97. The molecular formula is C17H33NO. The third-order valence-corrected chi connectivity index (χ3v) is 6.31. The number of hydrogen-bond donors (Lipinski definition) is 1. The van der Waals surface area contributed by atoms with Gasteiger partial charge in [0.1, 0.15) is 0 Å². The minimum absolute atomic E-state index is 0.104. The van der Waals surface area contributed by atoms with Gasteiger partial charge in [-0.25, -0.2) is 0 Å². The summed E-state index contributed by atoms with van der Waals surface area (Å²) < 4.78 is 0. The van der Waals surface area contributed by atoms with Crippen molar-refractivity contribution in [3.8, 4) is 0 Å². The molecule has 0 amide bonds. The molecule has 0 aromatic heterocycles. The van der Waals surface area contributed by atoms with Crippen LogP contribution in [-0.4, -0.2) is 35.2 Å². The van der Waals surface area contributed by atoms with Crippen LogP contribution in [0.2, 0.25) is 0 Å². The molecule has 0 aromatic carbocycles. The predicted octanol–water partition coefficient (Wildman–Crippen LogP) is 3.83. The van der Waals surface area contributed by atoms with Crippen LogP contribution in [0.25, 0.3) is 0 Å². The Kier molecular flexibility index (Phi) is 4.62. The summed E-state index contributed by atoms with van der Waals surface area (Å²) in [7, 11) is 0. The summed E-state index contributed by atoms with van der Waals surface area (Å²) in [5.41, 5.74) is 0.693. The minimum atomic E-state index is -0.142. The fourth-order valence-corrected chi connectivity index (χ4v) is 4.26. The van der Waals surface area contributed by atoms with Gasteiger partial charge < -0.3 is 5.11 Å². The van der Waals surface area contributed by atoms with E-state index in [-0.39, 0.29) is 11.5 Å². The van der Waals surface area contributed by atoms with Crippen molar-refractivity contribution in [2.45, 2.75) is 84.8 Å². The van der Waals surface area contributed by atoms with Crippen LogP contribution >= 0.6 is 0 Å². The molecule has 1 aliphatic heterocycles. The SMILES string of the molecule is CCC1(CC)CCN(C2CCCC(C)(C)C2O)CC1. The lowest BCUT2D eigenvalue weighted by Gasteiger charge is -2.49. The average molecular weight is 267 g/mol. The topological polar surface area (TPSA) is 23.5 Å². The van der Waals surface area contributed by atoms with Crippen LogP contribution in [0, 0.1) is 10.8 Å². The van der Waals surface area contributed by atoms with Crippen molar-refractivity contribution in [1.82, 2.24) is 4.90 Å². The molecule has 2 heteroatoms. The molecule has 2 aliphatic rings. The van der Waals surface area contributed by atoms with Gasteiger partial charge in [0.25, 0.3) is 0 Å². The Hall–Kier alpha value is -0.0800. The molecule has 1 saturated heterocycles. The molecule has 19 heavy (non-hydrogen) atoms. The van der Waals surface area contributed by atoms with Crippen molar-refractivity contribution in [1.29, 1.82) is 0 Å². The zero-order valence-electron chi connectivity index (χ0n) is 13.4. The maximum atomic E-state index is 10.7. The monoisotopic (exact) mass is 267 g/mol. The van der Waals surface area contributed by atoms with Gasteiger partial charge in [0.15, 0.2) is 0 Å². The van der Waals surface area contributed by atoms with Crippen LogP contribution in [0.5, 0.6) is 0 Å². The first-order chi connectivity index (χ1) is 8.94. The van der Waals surface area contributed by atoms with E-state index in [2.05, 4.69) is 32.6 Å². The summed E-state index contributed by atoms with van der Waals surface area (Å²) in [4.78, 5) is 2.59. The van der Waals surface area contributed by atoms with E-state index in [1.165, 1.54) is 58.0 Å². The second kappa shape index (κ2) is 5.73. The summed E-state index contributed by atoms with van der Waals surface area (Å²) in [6.07, 6.45) is 8.77. The van der Waals surface area contributed by atoms with E-state index < -0.39 is 0 Å². The molecule has 0 radical (unpaired) electrons. The van der Waals surface area contributed by atoms with E-state index in [1.54, 1.807) is 0 Å². The molecule has 0 bridgehead atoms. The first kappa shape index (κ1) is 15.3. The smallest absolute Gasteiger partial charge is 0.0746 e. The molecule has 2 nitrogen and oxygen atoms in total. The number of aliphatic hydroxyl groups excluding tert-OH is 1. The van der Waals surface area contributed by atoms with E-state index in [0.29, 0.717) is 11.5 Å². The Bertz CT molecular complexity index is 286. The number of likely N-dealkylation sites (tertiary alicyclic amines) is 1. The van der Waals surface area contributed by atoms with Crippen LogP contribution in [0.15, 0.2) is 0 Å². The largest absolute Gasteiger partial charge is 0.391 e. The third kappa shape index (κ3) is 3.00. The lowest BCUT2D eigenvalue weighted by Crippen LogP contribution is -2.55. The average Bonchev–Trinajstić information content (AvgIpc) is 2.42. The number of aliphatic hydroxyl groups is 1. The minimum Gasteiger partial charge on any atom is -0.391 e. The van der Waals surface area contributed by atoms with Gasteiger partial charge in [-0.2, -0.15) is 0 Å². The Labute approximate surface area is 119 Å². The van der Waals surface area contributed by atoms with E-state index in [0.717, 1.165) is 0 Å². The van der Waals surface area contributed by atoms with Gasteiger partial charge in [-0.05, 0) is 49.6 Å². The first-order valence-electron chi connectivity index (χ1n) is 8.36. The van der Waals surface area contributed by atoms with Gasteiger partial charge in [-0.15, -0.1) is 0 Å². The van der Waals surface area contributed by atoms with Gasteiger partial charge >= 0.3 is 0 Å². The molecule has 2 fully saturated rings. The van der Waals surface area contributed by atoms with E-state index >= 15 is 0 Å². The van der Waals surface area contributed by atoms with Crippen molar-refractivity contribution in [3.63, 3.8) is 0 Å². The van der Waals surface area contributed by atoms with Gasteiger partial charge in [0, 0.05) is 6.04 Å². The lowest BCUT2D eigenvalue weighted by atomic mass is 9.70. The van der Waals surface area contributed by atoms with Crippen LogP contribution in [0.3, 0.4) is 0 Å². The van der Waals surface area contributed by atoms with Gasteiger partial charge in [0.2, 0.25) is 0 Å². The summed E-state index contributed by atoms with van der Waals surface area (Å²) in [5.74, 6) is 0. The molecule has 2 atom stereocenters. The normalized spacial score (nSPS) is 35.2. The molecule has 1 heterocycles. The molecule has 0 aromatic rings. The number of nitrogens with zero attached hydrogens (tertiary/aromatic N) is 1. The summed E-state index contributed by atoms with van der Waals surface area (Å²) in [6, 6.07) is 0.412. The highest BCUT2D eigenvalue weighted by molar-refractivity contribution is 4.96. The molecule has 0 spiro atoms. The van der Waals surface area contributed by atoms with E-state index in [4.69, 9.17) is 0 Å². The summed E-state index contributed by atoms with van der Waals surface area (Å²) in [5, 5.41) is 10.7. The standard InChI is InChI=1S/C17H33NO/c1-5-17(6-2)10-12-18(13-11-17)14-8-7-9-16(3,4)15(14)19/h14-15,19H,5-13H2,1-4H3. The third-order valence-electron chi connectivity index (χ3n) is 6.31. The van der Waals surface area contributed by atoms with Crippen LogP contribution in [-0.2, 0) is 0 Å². The van der Waals surface area contributed by atoms with Crippen molar-refractivity contribution in [2.75, 3.05) is 13.1 Å². The van der Waals surface area contributed by atoms with E-state index in [1.807, 2.05) is 0 Å². The van der Waals surface area contributed by atoms with Crippen LogP contribution in [0.1, 0.15) is 72.6 Å². The maximum Gasteiger partial charge on any atom is 0.0746 e. The number of piperidine rings is 1. The highest BCUT2D eigenvalue weighted by Gasteiger charge is 2.42. The molecular weight excluding hydrogens is 234 g/mol. The lowest BCUT2D eigenvalue weighted by molar-refractivity contribution is -0.0723. The van der Waals surface area contributed by atoms with E-state index in [9.17, 15) is 5.11 Å². The molecule has 112 valence electrons. The van der Waals surface area contributed by atoms with Crippen LogP contribution in [0.4, 0.5) is 0 Å². The zero-order valence-corrected chi connectivity index (χ0v) is 13.4. The molecule has 2 rings (SSSR count). The predicted molar refractivity (Wildman–Crippen MR) is 81.2 cm³/mol. The van der Waals surface area contributed by atoms with Crippen molar-refractivity contribution in [3.05, 3.63) is 0 Å². The maximum absolute atomic E-state index is 10.7. The second-order valence-electron chi connectivity index (χ2n) is 7.64. The van der Waals surface area contributed by atoms with Crippen LogP contribution < -0.4 is 0 Å². The highest BCUT2D eigenvalue weighted by atomic mass is 16.3.